The van der Waals surface area contributed by atoms with Crippen LogP contribution in [0.1, 0.15) is 51.3 Å². The number of oxazole rings is 1. The van der Waals surface area contributed by atoms with Gasteiger partial charge in [0, 0.05) is 11.6 Å². The molecule has 0 bridgehead atoms. The van der Waals surface area contributed by atoms with Crippen molar-refractivity contribution in [3.63, 3.8) is 0 Å². The molecule has 2 N–H and O–H groups in total. The van der Waals surface area contributed by atoms with Gasteiger partial charge in [0.25, 0.3) is 0 Å². The van der Waals surface area contributed by atoms with Gasteiger partial charge in [-0.05, 0) is 36.5 Å². The van der Waals surface area contributed by atoms with Crippen LogP contribution in [0.5, 0.6) is 0 Å². The van der Waals surface area contributed by atoms with E-state index in [0.29, 0.717) is 5.92 Å². The molecule has 18 heavy (non-hydrogen) atoms. The lowest BCUT2D eigenvalue weighted by atomic mass is 9.69. The highest BCUT2D eigenvalue weighted by Crippen LogP contribution is 2.46. The van der Waals surface area contributed by atoms with Crippen molar-refractivity contribution >= 4 is 16.8 Å². The lowest BCUT2D eigenvalue weighted by molar-refractivity contribution is 0.175. The number of aromatic nitrogens is 1. The van der Waals surface area contributed by atoms with Crippen LogP contribution in [0.25, 0.3) is 11.1 Å². The molecule has 1 heterocycles. The summed E-state index contributed by atoms with van der Waals surface area (Å²) in [4.78, 5) is 4.65. The molecular weight excluding hydrogens is 224 g/mol. The Morgan fingerprint density at radius 2 is 2.17 bits per heavy atom. The van der Waals surface area contributed by atoms with Gasteiger partial charge in [-0.25, -0.2) is 4.98 Å². The van der Waals surface area contributed by atoms with E-state index in [1.807, 2.05) is 18.2 Å². The number of nitrogens with zero attached hydrogens (tertiary/aromatic N) is 1. The summed E-state index contributed by atoms with van der Waals surface area (Å²) in [6, 6.07) is 5.67. The summed E-state index contributed by atoms with van der Waals surface area (Å²) in [7, 11) is 0. The van der Waals surface area contributed by atoms with Crippen LogP contribution in [-0.4, -0.2) is 4.98 Å². The predicted octanol–water partition coefficient (Wildman–Crippen LogP) is 4.09. The quantitative estimate of drug-likeness (QED) is 0.768. The van der Waals surface area contributed by atoms with E-state index in [4.69, 9.17) is 10.2 Å². The van der Waals surface area contributed by atoms with Gasteiger partial charge in [-0.15, -0.1) is 0 Å². The summed E-state index contributed by atoms with van der Waals surface area (Å²) in [6.07, 6.45) is 5.01. The van der Waals surface area contributed by atoms with Crippen LogP contribution in [0.2, 0.25) is 0 Å². The molecule has 1 aliphatic rings. The third kappa shape index (κ3) is 1.88. The monoisotopic (exact) mass is 244 g/mol. The highest BCUT2D eigenvalue weighted by Gasteiger charge is 2.36. The number of anilines is 1. The summed E-state index contributed by atoms with van der Waals surface area (Å²) in [6.45, 7) is 4.64. The van der Waals surface area contributed by atoms with Gasteiger partial charge in [0.2, 0.25) is 0 Å². The van der Waals surface area contributed by atoms with Crippen molar-refractivity contribution in [2.45, 2.75) is 45.4 Å². The molecule has 0 spiro atoms. The summed E-state index contributed by atoms with van der Waals surface area (Å²) in [5.41, 5.74) is 8.54. The number of benzene rings is 1. The Labute approximate surface area is 107 Å². The average Bonchev–Trinajstić information content (AvgIpc) is 2.70. The van der Waals surface area contributed by atoms with E-state index in [1.165, 1.54) is 25.7 Å². The van der Waals surface area contributed by atoms with Gasteiger partial charge in [-0.1, -0.05) is 26.7 Å². The minimum absolute atomic E-state index is 0.282. The Morgan fingerprint density at radius 1 is 1.33 bits per heavy atom. The molecular formula is C15H20N2O. The van der Waals surface area contributed by atoms with Gasteiger partial charge >= 0.3 is 0 Å². The van der Waals surface area contributed by atoms with Crippen molar-refractivity contribution in [1.29, 1.82) is 0 Å². The Hall–Kier alpha value is -1.51. The fraction of sp³-hybridized carbons (Fsp3) is 0.533. The van der Waals surface area contributed by atoms with E-state index in [-0.39, 0.29) is 5.41 Å². The molecule has 0 amide bonds. The van der Waals surface area contributed by atoms with E-state index in [2.05, 4.69) is 18.8 Å². The molecule has 96 valence electrons. The summed E-state index contributed by atoms with van der Waals surface area (Å²) < 4.78 is 5.93. The van der Waals surface area contributed by atoms with Crippen molar-refractivity contribution in [3.8, 4) is 0 Å². The van der Waals surface area contributed by atoms with Gasteiger partial charge in [-0.3, -0.25) is 0 Å². The molecule has 1 unspecified atom stereocenters. The van der Waals surface area contributed by atoms with Crippen LogP contribution in [0, 0.1) is 5.41 Å². The number of hydrogen-bond acceptors (Lipinski definition) is 3. The topological polar surface area (TPSA) is 52.0 Å². The highest BCUT2D eigenvalue weighted by atomic mass is 16.3. The Balaban J connectivity index is 2.03. The molecule has 3 heteroatoms. The van der Waals surface area contributed by atoms with Crippen LogP contribution in [0.15, 0.2) is 22.6 Å². The SMILES string of the molecule is CC1(C)CCCCC1c1nc2cc(N)ccc2o1. The molecule has 1 fully saturated rings. The number of fused-ring (bicyclic) bond motifs is 1. The Morgan fingerprint density at radius 3 is 2.94 bits per heavy atom. The van der Waals surface area contributed by atoms with Crippen LogP contribution < -0.4 is 5.73 Å². The predicted molar refractivity (Wildman–Crippen MR) is 73.4 cm³/mol. The molecule has 3 nitrogen and oxygen atoms in total. The molecule has 0 saturated heterocycles. The van der Waals surface area contributed by atoms with E-state index >= 15 is 0 Å². The van der Waals surface area contributed by atoms with Crippen molar-refractivity contribution in [3.05, 3.63) is 24.1 Å². The zero-order valence-corrected chi connectivity index (χ0v) is 11.1. The van der Waals surface area contributed by atoms with Crippen LogP contribution in [0.4, 0.5) is 5.69 Å². The maximum Gasteiger partial charge on any atom is 0.199 e. The smallest absolute Gasteiger partial charge is 0.199 e. The van der Waals surface area contributed by atoms with E-state index in [1.54, 1.807) is 0 Å². The van der Waals surface area contributed by atoms with Gasteiger partial charge in [0.1, 0.15) is 5.52 Å². The summed E-state index contributed by atoms with van der Waals surface area (Å²) in [5.74, 6) is 1.32. The van der Waals surface area contributed by atoms with Crippen LogP contribution >= 0.6 is 0 Å². The molecule has 0 aliphatic heterocycles. The maximum absolute atomic E-state index is 5.93. The summed E-state index contributed by atoms with van der Waals surface area (Å²) in [5, 5.41) is 0. The number of hydrogen-bond donors (Lipinski definition) is 1. The first-order chi connectivity index (χ1) is 8.56. The second-order valence-electron chi connectivity index (χ2n) is 6.07. The average molecular weight is 244 g/mol. The molecule has 1 aliphatic carbocycles. The normalized spacial score (nSPS) is 23.3. The fourth-order valence-corrected chi connectivity index (χ4v) is 3.06. The van der Waals surface area contributed by atoms with Crippen LogP contribution in [-0.2, 0) is 0 Å². The van der Waals surface area contributed by atoms with Crippen molar-refractivity contribution in [1.82, 2.24) is 4.98 Å². The lowest BCUT2D eigenvalue weighted by Gasteiger charge is -2.36. The van der Waals surface area contributed by atoms with Crippen molar-refractivity contribution in [2.24, 2.45) is 5.41 Å². The molecule has 1 aromatic heterocycles. The minimum atomic E-state index is 0.282. The Bertz CT molecular complexity index is 571. The summed E-state index contributed by atoms with van der Waals surface area (Å²) >= 11 is 0. The van der Waals surface area contributed by atoms with E-state index in [9.17, 15) is 0 Å². The third-order valence-electron chi connectivity index (χ3n) is 4.23. The standard InChI is InChI=1S/C15H20N2O/c1-15(2)8-4-3-5-11(15)14-17-12-9-10(16)6-7-13(12)18-14/h6-7,9,11H,3-5,8,16H2,1-2H3. The molecule has 3 rings (SSSR count). The largest absolute Gasteiger partial charge is 0.440 e. The second-order valence-corrected chi connectivity index (χ2v) is 6.07. The van der Waals surface area contributed by atoms with Crippen LogP contribution in [0.3, 0.4) is 0 Å². The molecule has 2 aromatic rings. The fourth-order valence-electron chi connectivity index (χ4n) is 3.06. The van der Waals surface area contributed by atoms with Gasteiger partial charge in [-0.2, -0.15) is 0 Å². The van der Waals surface area contributed by atoms with Crippen molar-refractivity contribution in [2.75, 3.05) is 5.73 Å². The molecule has 1 saturated carbocycles. The molecule has 1 atom stereocenters. The van der Waals surface area contributed by atoms with Gasteiger partial charge < -0.3 is 10.2 Å². The Kier molecular flexibility index (Phi) is 2.58. The van der Waals surface area contributed by atoms with Gasteiger partial charge in [0.05, 0.1) is 0 Å². The van der Waals surface area contributed by atoms with Gasteiger partial charge in [0.15, 0.2) is 11.5 Å². The number of nitrogens with two attached hydrogens (primary N) is 1. The second kappa shape index (κ2) is 4.01. The zero-order chi connectivity index (χ0) is 12.8. The lowest BCUT2D eigenvalue weighted by Crippen LogP contribution is -2.26. The first kappa shape index (κ1) is 11.6. The first-order valence-corrected chi connectivity index (χ1v) is 6.72. The zero-order valence-electron chi connectivity index (χ0n) is 11.1. The third-order valence-corrected chi connectivity index (χ3v) is 4.23. The van der Waals surface area contributed by atoms with E-state index in [0.717, 1.165) is 22.7 Å². The van der Waals surface area contributed by atoms with E-state index < -0.39 is 0 Å². The molecule has 0 radical (unpaired) electrons. The maximum atomic E-state index is 5.93. The van der Waals surface area contributed by atoms with Crippen molar-refractivity contribution < 1.29 is 4.42 Å². The highest BCUT2D eigenvalue weighted by molar-refractivity contribution is 5.76. The number of rotatable bonds is 1. The first-order valence-electron chi connectivity index (χ1n) is 6.72. The molecule has 1 aromatic carbocycles. The minimum Gasteiger partial charge on any atom is -0.440 e. The number of nitrogen functional groups attached to an aromatic ring is 1.